The predicted molar refractivity (Wildman–Crippen MR) is 107 cm³/mol. The van der Waals surface area contributed by atoms with E-state index in [9.17, 15) is 0 Å². The zero-order chi connectivity index (χ0) is 18.4. The highest BCUT2D eigenvalue weighted by Crippen LogP contribution is 2.41. The second kappa shape index (κ2) is 6.51. The van der Waals surface area contributed by atoms with E-state index >= 15 is 4.39 Å². The van der Waals surface area contributed by atoms with E-state index in [0.717, 1.165) is 17.7 Å². The van der Waals surface area contributed by atoms with Crippen LogP contribution in [0.3, 0.4) is 0 Å². The van der Waals surface area contributed by atoms with E-state index in [4.69, 9.17) is 0 Å². The SMILES string of the molecule is CN1Cc2c(ccc(-c3ccncn3)c2F)C(c2cc3ccccc3s2)C1. The Bertz CT molecular complexity index is 1090. The van der Waals surface area contributed by atoms with Crippen molar-refractivity contribution in [1.82, 2.24) is 14.9 Å². The molecule has 5 heteroatoms. The molecule has 0 aliphatic carbocycles. The summed E-state index contributed by atoms with van der Waals surface area (Å²) in [6.45, 7) is 1.51. The van der Waals surface area contributed by atoms with Gasteiger partial charge in [0.15, 0.2) is 0 Å². The van der Waals surface area contributed by atoms with Gasteiger partial charge in [0.1, 0.15) is 12.1 Å². The van der Waals surface area contributed by atoms with Crippen LogP contribution >= 0.6 is 11.3 Å². The van der Waals surface area contributed by atoms with Gasteiger partial charge in [-0.2, -0.15) is 0 Å². The molecule has 3 nitrogen and oxygen atoms in total. The minimum Gasteiger partial charge on any atom is -0.301 e. The summed E-state index contributed by atoms with van der Waals surface area (Å²) in [6, 6.07) is 16.4. The van der Waals surface area contributed by atoms with Crippen molar-refractivity contribution in [2.45, 2.75) is 12.5 Å². The third-order valence-electron chi connectivity index (χ3n) is 5.22. The number of aromatic nitrogens is 2. The molecule has 3 heterocycles. The molecule has 2 aromatic heterocycles. The lowest BCUT2D eigenvalue weighted by Crippen LogP contribution is -2.31. The number of hydrogen-bond donors (Lipinski definition) is 0. The van der Waals surface area contributed by atoms with Gasteiger partial charge in [-0.3, -0.25) is 0 Å². The van der Waals surface area contributed by atoms with Crippen molar-refractivity contribution in [3.8, 4) is 11.3 Å². The van der Waals surface area contributed by atoms with Crippen molar-refractivity contribution >= 4 is 21.4 Å². The summed E-state index contributed by atoms with van der Waals surface area (Å²) in [5.41, 5.74) is 3.04. The van der Waals surface area contributed by atoms with Gasteiger partial charge in [-0.25, -0.2) is 14.4 Å². The number of hydrogen-bond acceptors (Lipinski definition) is 4. The van der Waals surface area contributed by atoms with Gasteiger partial charge in [-0.15, -0.1) is 11.3 Å². The third kappa shape index (κ3) is 2.83. The van der Waals surface area contributed by atoms with E-state index < -0.39 is 0 Å². The second-order valence-corrected chi connectivity index (χ2v) is 8.14. The Kier molecular flexibility index (Phi) is 3.99. The first-order chi connectivity index (χ1) is 13.2. The van der Waals surface area contributed by atoms with E-state index in [1.807, 2.05) is 6.07 Å². The molecule has 0 saturated heterocycles. The standard InChI is InChI=1S/C22H18FN3S/c1-26-11-17(21-10-14-4-2-3-5-20(14)27-21)15-6-7-16(22(23)18(15)12-26)19-8-9-24-13-25-19/h2-10,13,17H,11-12H2,1H3. The van der Waals surface area contributed by atoms with E-state index in [1.165, 1.54) is 21.3 Å². The monoisotopic (exact) mass is 375 g/mol. The number of fused-ring (bicyclic) bond motifs is 2. The van der Waals surface area contributed by atoms with Crippen LogP contribution in [0.25, 0.3) is 21.3 Å². The van der Waals surface area contributed by atoms with Crippen LogP contribution in [0.4, 0.5) is 4.39 Å². The van der Waals surface area contributed by atoms with Gasteiger partial charge in [0.2, 0.25) is 0 Å². The molecule has 27 heavy (non-hydrogen) atoms. The lowest BCUT2D eigenvalue weighted by atomic mass is 9.86. The summed E-state index contributed by atoms with van der Waals surface area (Å²) in [4.78, 5) is 11.6. The van der Waals surface area contributed by atoms with Gasteiger partial charge in [0, 0.05) is 45.9 Å². The van der Waals surface area contributed by atoms with Gasteiger partial charge in [-0.05, 0) is 42.3 Å². The lowest BCUT2D eigenvalue weighted by molar-refractivity contribution is 0.290. The van der Waals surface area contributed by atoms with E-state index in [-0.39, 0.29) is 11.7 Å². The summed E-state index contributed by atoms with van der Waals surface area (Å²) in [7, 11) is 2.06. The number of halogens is 1. The van der Waals surface area contributed by atoms with Crippen LogP contribution in [0, 0.1) is 5.82 Å². The predicted octanol–water partition coefficient (Wildman–Crippen LogP) is 5.07. The van der Waals surface area contributed by atoms with Gasteiger partial charge < -0.3 is 4.90 Å². The minimum absolute atomic E-state index is 0.163. The third-order valence-corrected chi connectivity index (χ3v) is 6.45. The first-order valence-corrected chi connectivity index (χ1v) is 9.77. The number of benzene rings is 2. The zero-order valence-corrected chi connectivity index (χ0v) is 15.7. The molecule has 0 spiro atoms. The van der Waals surface area contributed by atoms with Crippen molar-refractivity contribution in [1.29, 1.82) is 0 Å². The topological polar surface area (TPSA) is 29.0 Å². The maximum atomic E-state index is 15.4. The van der Waals surface area contributed by atoms with Crippen LogP contribution in [0.5, 0.6) is 0 Å². The minimum atomic E-state index is -0.163. The molecule has 0 radical (unpaired) electrons. The van der Waals surface area contributed by atoms with Gasteiger partial charge in [-0.1, -0.05) is 24.3 Å². The quantitative estimate of drug-likeness (QED) is 0.489. The smallest absolute Gasteiger partial charge is 0.137 e. The Balaban J connectivity index is 1.64. The largest absolute Gasteiger partial charge is 0.301 e. The fourth-order valence-corrected chi connectivity index (χ4v) is 5.11. The van der Waals surface area contributed by atoms with Crippen molar-refractivity contribution in [2.75, 3.05) is 13.6 Å². The average molecular weight is 375 g/mol. The highest BCUT2D eigenvalue weighted by molar-refractivity contribution is 7.19. The van der Waals surface area contributed by atoms with Crippen LogP contribution in [0.15, 0.2) is 61.1 Å². The lowest BCUT2D eigenvalue weighted by Gasteiger charge is -2.32. The van der Waals surface area contributed by atoms with Gasteiger partial charge in [0.25, 0.3) is 0 Å². The Hall–Kier alpha value is -2.63. The molecule has 2 aromatic carbocycles. The highest BCUT2D eigenvalue weighted by Gasteiger charge is 2.29. The molecule has 4 aromatic rings. The number of likely N-dealkylation sites (N-methyl/N-ethyl adjacent to an activating group) is 1. The molecule has 5 rings (SSSR count). The van der Waals surface area contributed by atoms with Crippen LogP contribution in [0.2, 0.25) is 0 Å². The molecule has 134 valence electrons. The fraction of sp³-hybridized carbons (Fsp3) is 0.182. The average Bonchev–Trinajstić information content (AvgIpc) is 3.13. The van der Waals surface area contributed by atoms with Gasteiger partial charge >= 0.3 is 0 Å². The first-order valence-electron chi connectivity index (χ1n) is 8.95. The first kappa shape index (κ1) is 16.5. The van der Waals surface area contributed by atoms with Crippen LogP contribution in [-0.4, -0.2) is 28.5 Å². The number of nitrogens with zero attached hydrogens (tertiary/aromatic N) is 3. The molecule has 0 fully saturated rings. The molecule has 0 N–H and O–H groups in total. The summed E-state index contributed by atoms with van der Waals surface area (Å²) >= 11 is 1.81. The van der Waals surface area contributed by atoms with Crippen molar-refractivity contribution in [3.63, 3.8) is 0 Å². The maximum Gasteiger partial charge on any atom is 0.137 e. The van der Waals surface area contributed by atoms with Crippen LogP contribution < -0.4 is 0 Å². The van der Waals surface area contributed by atoms with E-state index in [1.54, 1.807) is 23.6 Å². The summed E-state index contributed by atoms with van der Waals surface area (Å²) in [6.07, 6.45) is 3.10. The molecule has 0 amide bonds. The highest BCUT2D eigenvalue weighted by atomic mass is 32.1. The number of rotatable bonds is 2. The molecule has 0 bridgehead atoms. The summed E-state index contributed by atoms with van der Waals surface area (Å²) in [5, 5.41) is 1.25. The van der Waals surface area contributed by atoms with Crippen LogP contribution in [0.1, 0.15) is 21.9 Å². The molecule has 1 aliphatic rings. The van der Waals surface area contributed by atoms with Gasteiger partial charge in [0.05, 0.1) is 5.69 Å². The fourth-order valence-electron chi connectivity index (χ4n) is 3.93. The van der Waals surface area contributed by atoms with Crippen LogP contribution in [-0.2, 0) is 6.54 Å². The molecular formula is C22H18FN3S. The normalized spacial score (nSPS) is 17.2. The molecule has 0 saturated carbocycles. The molecule has 1 aliphatic heterocycles. The number of thiophene rings is 1. The zero-order valence-electron chi connectivity index (χ0n) is 14.9. The van der Waals surface area contributed by atoms with E-state index in [0.29, 0.717) is 17.8 Å². The Morgan fingerprint density at radius 3 is 2.85 bits per heavy atom. The Morgan fingerprint density at radius 1 is 1.15 bits per heavy atom. The maximum absolute atomic E-state index is 15.4. The van der Waals surface area contributed by atoms with E-state index in [2.05, 4.69) is 58.3 Å². The van der Waals surface area contributed by atoms with Crippen molar-refractivity contribution in [3.05, 3.63) is 82.9 Å². The molecule has 1 unspecified atom stereocenters. The van der Waals surface area contributed by atoms with Crippen molar-refractivity contribution < 1.29 is 4.39 Å². The Morgan fingerprint density at radius 2 is 2.04 bits per heavy atom. The summed E-state index contributed by atoms with van der Waals surface area (Å²) in [5.74, 6) is 0.0222. The molecule has 1 atom stereocenters. The molecular weight excluding hydrogens is 357 g/mol. The Labute approximate surface area is 161 Å². The van der Waals surface area contributed by atoms with Crippen molar-refractivity contribution in [2.24, 2.45) is 0 Å². The second-order valence-electron chi connectivity index (χ2n) is 7.03. The summed E-state index contributed by atoms with van der Waals surface area (Å²) < 4.78 is 16.7.